The Bertz CT molecular complexity index is 1460. The van der Waals surface area contributed by atoms with Crippen LogP contribution in [-0.2, 0) is 16.4 Å². The molecule has 0 spiro atoms. The quantitative estimate of drug-likeness (QED) is 0.306. The van der Waals surface area contributed by atoms with Gasteiger partial charge in [0.1, 0.15) is 16.1 Å². The van der Waals surface area contributed by atoms with Crippen LogP contribution in [0.15, 0.2) is 63.2 Å². The van der Waals surface area contributed by atoms with Gasteiger partial charge in [-0.1, -0.05) is 18.0 Å². The molecule has 0 amide bonds. The molecule has 0 aliphatic rings. The SMILES string of the molecule is CCC[n+]1c(N)c(S(=O)(=O)c2ccc(F)cc2)cc2c(=O)n3cccc(C)c3nc21. The Hall–Kier alpha value is -3.33. The van der Waals surface area contributed by atoms with Crippen LogP contribution in [-0.4, -0.2) is 17.8 Å². The van der Waals surface area contributed by atoms with Crippen LogP contribution in [0.3, 0.4) is 0 Å². The van der Waals surface area contributed by atoms with Gasteiger partial charge in [0.15, 0.2) is 0 Å². The minimum absolute atomic E-state index is 0.0153. The van der Waals surface area contributed by atoms with Crippen molar-refractivity contribution in [3.63, 3.8) is 0 Å². The molecule has 0 aliphatic carbocycles. The van der Waals surface area contributed by atoms with Gasteiger partial charge >= 0.3 is 0 Å². The fourth-order valence-electron chi connectivity index (χ4n) is 3.49. The van der Waals surface area contributed by atoms with Gasteiger partial charge in [-0.05, 0) is 49.7 Å². The van der Waals surface area contributed by atoms with E-state index in [0.717, 1.165) is 17.7 Å². The molecule has 0 aliphatic heterocycles. The Labute approximate surface area is 172 Å². The van der Waals surface area contributed by atoms with Crippen LogP contribution < -0.4 is 15.9 Å². The summed E-state index contributed by atoms with van der Waals surface area (Å²) in [5, 5.41) is 0.140. The number of fused-ring (bicyclic) bond motifs is 2. The number of anilines is 1. The third-order valence-corrected chi connectivity index (χ3v) is 6.80. The van der Waals surface area contributed by atoms with E-state index in [0.29, 0.717) is 24.3 Å². The fourth-order valence-corrected chi connectivity index (χ4v) is 4.90. The molecule has 0 radical (unpaired) electrons. The van der Waals surface area contributed by atoms with Gasteiger partial charge < -0.3 is 5.73 Å². The number of nitrogen functional groups attached to an aromatic ring is 1. The first-order valence-electron chi connectivity index (χ1n) is 9.40. The summed E-state index contributed by atoms with van der Waals surface area (Å²) in [5.41, 5.74) is 7.50. The van der Waals surface area contributed by atoms with Gasteiger partial charge in [-0.2, -0.15) is 0 Å². The van der Waals surface area contributed by atoms with Gasteiger partial charge in [0.2, 0.25) is 21.3 Å². The molecule has 0 saturated carbocycles. The monoisotopic (exact) mass is 427 g/mol. The van der Waals surface area contributed by atoms with E-state index < -0.39 is 15.7 Å². The van der Waals surface area contributed by atoms with Crippen LogP contribution in [0.2, 0.25) is 0 Å². The molecule has 154 valence electrons. The Kier molecular flexibility index (Phi) is 4.77. The average Bonchev–Trinajstić information content (AvgIpc) is 2.71. The molecular weight excluding hydrogens is 407 g/mol. The normalized spacial score (nSPS) is 12.0. The lowest BCUT2D eigenvalue weighted by Gasteiger charge is -2.12. The first kappa shape index (κ1) is 20.0. The molecule has 3 heterocycles. The maximum atomic E-state index is 13.3. The molecule has 9 heteroatoms. The Morgan fingerprint density at radius 3 is 2.57 bits per heavy atom. The zero-order chi connectivity index (χ0) is 21.6. The number of benzene rings is 1. The number of pyridine rings is 2. The minimum atomic E-state index is -4.09. The summed E-state index contributed by atoms with van der Waals surface area (Å²) in [5.74, 6) is -0.565. The maximum Gasteiger partial charge on any atom is 0.278 e. The van der Waals surface area contributed by atoms with Gasteiger partial charge in [0.05, 0.1) is 11.4 Å². The topological polar surface area (TPSA) is 98.4 Å². The van der Waals surface area contributed by atoms with Crippen LogP contribution in [0.5, 0.6) is 0 Å². The molecule has 0 fully saturated rings. The standard InChI is InChI=1S/C21H19FN4O3S/c1-3-10-25-18(23)17(30(28,29)15-8-6-14(22)7-9-15)12-16-20(25)24-19-13(2)5-4-11-26(19)21(16)27/h4-9,11-12,23H,3,10H2,1-2H3/p+1. The van der Waals surface area contributed by atoms with Crippen molar-refractivity contribution in [1.82, 2.24) is 9.38 Å². The molecule has 2 N–H and O–H groups in total. The first-order chi connectivity index (χ1) is 14.3. The molecular formula is C21H20FN4O3S+. The molecule has 0 bridgehead atoms. The van der Waals surface area contributed by atoms with Crippen molar-refractivity contribution in [3.8, 4) is 0 Å². The number of rotatable bonds is 4. The molecule has 7 nitrogen and oxygen atoms in total. The summed E-state index contributed by atoms with van der Waals surface area (Å²) < 4.78 is 42.7. The number of aryl methyl sites for hydroxylation is 2. The van der Waals surface area contributed by atoms with E-state index in [1.807, 2.05) is 19.9 Å². The van der Waals surface area contributed by atoms with Crippen molar-refractivity contribution < 1.29 is 17.4 Å². The van der Waals surface area contributed by atoms with Crippen LogP contribution in [0.1, 0.15) is 18.9 Å². The van der Waals surface area contributed by atoms with Crippen molar-refractivity contribution in [1.29, 1.82) is 0 Å². The average molecular weight is 427 g/mol. The third kappa shape index (κ3) is 3.02. The number of nitrogens with two attached hydrogens (primary N) is 1. The van der Waals surface area contributed by atoms with Gasteiger partial charge in [-0.15, -0.1) is 0 Å². The van der Waals surface area contributed by atoms with E-state index in [-0.39, 0.29) is 26.6 Å². The summed E-state index contributed by atoms with van der Waals surface area (Å²) in [6.07, 6.45) is 2.24. The Balaban J connectivity index is 2.13. The molecule has 30 heavy (non-hydrogen) atoms. The van der Waals surface area contributed by atoms with Gasteiger partial charge in [-0.3, -0.25) is 9.20 Å². The first-order valence-corrected chi connectivity index (χ1v) is 10.9. The number of hydrogen-bond acceptors (Lipinski definition) is 5. The number of hydrogen-bond donors (Lipinski definition) is 1. The van der Waals surface area contributed by atoms with Gasteiger partial charge in [0, 0.05) is 11.8 Å². The van der Waals surface area contributed by atoms with E-state index >= 15 is 0 Å². The molecule has 0 saturated heterocycles. The van der Waals surface area contributed by atoms with Crippen molar-refractivity contribution in [2.75, 3.05) is 5.73 Å². The highest BCUT2D eigenvalue weighted by molar-refractivity contribution is 7.91. The second-order valence-corrected chi connectivity index (χ2v) is 8.96. The van der Waals surface area contributed by atoms with Crippen LogP contribution in [0.4, 0.5) is 10.2 Å². The lowest BCUT2D eigenvalue weighted by molar-refractivity contribution is -0.660. The van der Waals surface area contributed by atoms with E-state index in [2.05, 4.69) is 4.98 Å². The number of halogens is 1. The Morgan fingerprint density at radius 1 is 1.20 bits per heavy atom. The number of nitrogens with zero attached hydrogens (tertiary/aromatic N) is 3. The third-order valence-electron chi connectivity index (χ3n) is 5.00. The van der Waals surface area contributed by atoms with Gasteiger partial charge in [-0.25, -0.2) is 17.4 Å². The predicted molar refractivity (Wildman–Crippen MR) is 110 cm³/mol. The van der Waals surface area contributed by atoms with Crippen molar-refractivity contribution in [2.24, 2.45) is 0 Å². The second-order valence-electron chi connectivity index (χ2n) is 7.04. The van der Waals surface area contributed by atoms with E-state index in [9.17, 15) is 17.6 Å². The lowest BCUT2D eigenvalue weighted by atomic mass is 10.2. The smallest absolute Gasteiger partial charge is 0.278 e. The van der Waals surface area contributed by atoms with Crippen molar-refractivity contribution >= 4 is 32.3 Å². The molecule has 4 aromatic rings. The van der Waals surface area contributed by atoms with E-state index in [1.165, 1.54) is 22.6 Å². The van der Waals surface area contributed by atoms with Crippen molar-refractivity contribution in [2.45, 2.75) is 36.6 Å². The minimum Gasteiger partial charge on any atom is -0.317 e. The van der Waals surface area contributed by atoms with Crippen LogP contribution in [0.25, 0.3) is 16.7 Å². The lowest BCUT2D eigenvalue weighted by Crippen LogP contribution is -2.41. The molecule has 3 aromatic heterocycles. The van der Waals surface area contributed by atoms with Crippen molar-refractivity contribution in [3.05, 3.63) is 70.4 Å². The highest BCUT2D eigenvalue weighted by Gasteiger charge is 2.29. The number of sulfone groups is 1. The van der Waals surface area contributed by atoms with E-state index in [4.69, 9.17) is 5.73 Å². The zero-order valence-corrected chi connectivity index (χ0v) is 17.3. The molecule has 4 rings (SSSR count). The van der Waals surface area contributed by atoms with Gasteiger partial charge in [0.25, 0.3) is 11.2 Å². The van der Waals surface area contributed by atoms with Crippen LogP contribution >= 0.6 is 0 Å². The zero-order valence-electron chi connectivity index (χ0n) is 16.5. The highest BCUT2D eigenvalue weighted by atomic mass is 32.2. The maximum absolute atomic E-state index is 13.3. The Morgan fingerprint density at radius 2 is 1.90 bits per heavy atom. The molecule has 0 unspecified atom stereocenters. The fraction of sp³-hybridized carbons (Fsp3) is 0.190. The number of aromatic nitrogens is 3. The second kappa shape index (κ2) is 7.17. The highest BCUT2D eigenvalue weighted by Crippen LogP contribution is 2.26. The summed E-state index contributed by atoms with van der Waals surface area (Å²) in [7, 11) is -4.09. The largest absolute Gasteiger partial charge is 0.317 e. The van der Waals surface area contributed by atoms with Crippen LogP contribution in [0, 0.1) is 12.7 Å². The summed E-state index contributed by atoms with van der Waals surface area (Å²) in [4.78, 5) is 17.5. The van der Waals surface area contributed by atoms with E-state index in [1.54, 1.807) is 16.8 Å². The molecule has 0 atom stereocenters. The summed E-state index contributed by atoms with van der Waals surface area (Å²) >= 11 is 0. The summed E-state index contributed by atoms with van der Waals surface area (Å²) in [6, 6.07) is 9.31. The summed E-state index contributed by atoms with van der Waals surface area (Å²) in [6.45, 7) is 4.14. The molecule has 1 aromatic carbocycles. The predicted octanol–water partition coefficient (Wildman–Crippen LogP) is 2.41.